The third kappa shape index (κ3) is 2.91. The molecule has 0 aliphatic carbocycles. The Kier molecular flexibility index (Phi) is 4.57. The average molecular weight is 307 g/mol. The first-order chi connectivity index (χ1) is 9.56. The van der Waals surface area contributed by atoms with Gasteiger partial charge in [-0.15, -0.1) is 0 Å². The molecular formula is C14H13NO3S2. The normalized spacial score (nSPS) is 16.9. The Morgan fingerprint density at radius 2 is 2.05 bits per heavy atom. The average Bonchev–Trinajstić information content (AvgIpc) is 2.73. The van der Waals surface area contributed by atoms with Crippen molar-refractivity contribution in [1.29, 1.82) is 0 Å². The molecule has 20 heavy (non-hydrogen) atoms. The number of imide groups is 1. The highest BCUT2D eigenvalue weighted by Crippen LogP contribution is 2.33. The highest BCUT2D eigenvalue weighted by Gasteiger charge is 2.35. The Balaban J connectivity index is 2.25. The monoisotopic (exact) mass is 307 g/mol. The second-order valence-corrected chi connectivity index (χ2v) is 5.71. The molecule has 4 nitrogen and oxygen atoms in total. The molecule has 0 radical (unpaired) electrons. The van der Waals surface area contributed by atoms with Crippen LogP contribution in [0.2, 0.25) is 0 Å². The fraction of sp³-hybridized carbons (Fsp3) is 0.214. The summed E-state index contributed by atoms with van der Waals surface area (Å²) in [6.07, 6.45) is 1.98. The third-order valence-electron chi connectivity index (χ3n) is 2.76. The van der Waals surface area contributed by atoms with E-state index < -0.39 is 0 Å². The SMILES string of the molecule is CCC(=O)N1C(=O)/C(=C/c2ccc(OC)cc2)SC1=S. The number of amides is 2. The van der Waals surface area contributed by atoms with Crippen molar-refractivity contribution < 1.29 is 14.3 Å². The van der Waals surface area contributed by atoms with Gasteiger partial charge in [-0.3, -0.25) is 9.59 Å². The number of ether oxygens (including phenoxy) is 1. The van der Waals surface area contributed by atoms with E-state index in [1.165, 1.54) is 0 Å². The van der Waals surface area contributed by atoms with Gasteiger partial charge < -0.3 is 4.74 Å². The lowest BCUT2D eigenvalue weighted by atomic mass is 10.2. The van der Waals surface area contributed by atoms with Gasteiger partial charge in [0.1, 0.15) is 5.75 Å². The largest absolute Gasteiger partial charge is 0.497 e. The van der Waals surface area contributed by atoms with Crippen molar-refractivity contribution in [3.8, 4) is 5.75 Å². The van der Waals surface area contributed by atoms with Crippen LogP contribution in [0.25, 0.3) is 6.08 Å². The molecule has 104 valence electrons. The summed E-state index contributed by atoms with van der Waals surface area (Å²) < 4.78 is 5.37. The fourth-order valence-corrected chi connectivity index (χ4v) is 2.98. The van der Waals surface area contributed by atoms with Crippen LogP contribution in [0.4, 0.5) is 0 Å². The number of hydrogen-bond donors (Lipinski definition) is 0. The van der Waals surface area contributed by atoms with E-state index in [-0.39, 0.29) is 18.2 Å². The molecule has 1 saturated heterocycles. The minimum atomic E-state index is -0.345. The summed E-state index contributed by atoms with van der Waals surface area (Å²) >= 11 is 6.23. The molecule has 1 aromatic carbocycles. The summed E-state index contributed by atoms with van der Waals surface area (Å²) in [4.78, 5) is 25.3. The van der Waals surface area contributed by atoms with Crippen LogP contribution in [0.3, 0.4) is 0 Å². The summed E-state index contributed by atoms with van der Waals surface area (Å²) in [5, 5.41) is 0. The summed E-state index contributed by atoms with van der Waals surface area (Å²) in [7, 11) is 1.59. The molecule has 1 aliphatic heterocycles. The van der Waals surface area contributed by atoms with Crippen LogP contribution in [0.1, 0.15) is 18.9 Å². The molecule has 1 aromatic rings. The summed E-state index contributed by atoms with van der Waals surface area (Å²) in [6.45, 7) is 1.70. The predicted octanol–water partition coefficient (Wildman–Crippen LogP) is 2.83. The van der Waals surface area contributed by atoms with E-state index in [1.807, 2.05) is 24.3 Å². The van der Waals surface area contributed by atoms with Crippen LogP contribution in [0.5, 0.6) is 5.75 Å². The first-order valence-electron chi connectivity index (χ1n) is 6.01. The van der Waals surface area contributed by atoms with Crippen LogP contribution in [-0.2, 0) is 9.59 Å². The smallest absolute Gasteiger partial charge is 0.273 e. The van der Waals surface area contributed by atoms with Gasteiger partial charge in [-0.25, -0.2) is 4.90 Å². The van der Waals surface area contributed by atoms with E-state index in [2.05, 4.69) is 0 Å². The fourth-order valence-electron chi connectivity index (χ4n) is 1.69. The van der Waals surface area contributed by atoms with E-state index in [4.69, 9.17) is 17.0 Å². The minimum absolute atomic E-state index is 0.252. The van der Waals surface area contributed by atoms with Crippen molar-refractivity contribution in [1.82, 2.24) is 4.90 Å². The molecule has 0 aromatic heterocycles. The lowest BCUT2D eigenvalue weighted by Crippen LogP contribution is -2.33. The standard InChI is InChI=1S/C14H13NO3S2/c1-3-12(16)15-13(17)11(20-14(15)19)8-9-4-6-10(18-2)7-5-9/h4-8H,3H2,1-2H3/b11-8-. The number of rotatable bonds is 3. The number of nitrogens with zero attached hydrogens (tertiary/aromatic N) is 1. The van der Waals surface area contributed by atoms with Gasteiger partial charge in [0.25, 0.3) is 5.91 Å². The van der Waals surface area contributed by atoms with E-state index in [0.29, 0.717) is 9.23 Å². The molecule has 1 fully saturated rings. The van der Waals surface area contributed by atoms with E-state index in [0.717, 1.165) is 28.0 Å². The third-order valence-corrected chi connectivity index (χ3v) is 4.06. The van der Waals surface area contributed by atoms with Gasteiger partial charge in [0, 0.05) is 6.42 Å². The van der Waals surface area contributed by atoms with Gasteiger partial charge in [0.15, 0.2) is 4.32 Å². The second-order valence-electron chi connectivity index (χ2n) is 4.04. The number of thioether (sulfide) groups is 1. The van der Waals surface area contributed by atoms with Gasteiger partial charge in [-0.1, -0.05) is 43.0 Å². The molecule has 2 rings (SSSR count). The number of carbonyl (C=O) groups is 2. The van der Waals surface area contributed by atoms with Crippen LogP contribution in [-0.4, -0.2) is 28.1 Å². The molecule has 0 unspecified atom stereocenters. The van der Waals surface area contributed by atoms with Crippen LogP contribution >= 0.6 is 24.0 Å². The molecular weight excluding hydrogens is 294 g/mol. The number of carbonyl (C=O) groups excluding carboxylic acids is 2. The molecule has 0 bridgehead atoms. The highest BCUT2D eigenvalue weighted by atomic mass is 32.2. The zero-order valence-electron chi connectivity index (χ0n) is 11.1. The highest BCUT2D eigenvalue weighted by molar-refractivity contribution is 8.26. The molecule has 0 atom stereocenters. The Bertz CT molecular complexity index is 593. The second kappa shape index (κ2) is 6.19. The minimum Gasteiger partial charge on any atom is -0.497 e. The zero-order chi connectivity index (χ0) is 14.7. The van der Waals surface area contributed by atoms with Crippen molar-refractivity contribution in [3.63, 3.8) is 0 Å². The quantitative estimate of drug-likeness (QED) is 0.635. The van der Waals surface area contributed by atoms with Crippen molar-refractivity contribution in [2.75, 3.05) is 7.11 Å². The Labute approximate surface area is 126 Å². The van der Waals surface area contributed by atoms with E-state index >= 15 is 0 Å². The maximum atomic E-state index is 12.1. The van der Waals surface area contributed by atoms with Crippen LogP contribution in [0, 0.1) is 0 Å². The topological polar surface area (TPSA) is 46.6 Å². The molecule has 0 spiro atoms. The van der Waals surface area contributed by atoms with E-state index in [1.54, 1.807) is 20.1 Å². The molecule has 1 heterocycles. The number of hydrogen-bond acceptors (Lipinski definition) is 5. The predicted molar refractivity (Wildman–Crippen MR) is 83.3 cm³/mol. The van der Waals surface area contributed by atoms with E-state index in [9.17, 15) is 9.59 Å². The zero-order valence-corrected chi connectivity index (χ0v) is 12.7. The molecule has 0 saturated carbocycles. The van der Waals surface area contributed by atoms with Gasteiger partial charge in [-0.05, 0) is 23.8 Å². The lowest BCUT2D eigenvalue weighted by molar-refractivity contribution is -0.136. The van der Waals surface area contributed by atoms with Crippen molar-refractivity contribution in [2.24, 2.45) is 0 Å². The summed E-state index contributed by atoms with van der Waals surface area (Å²) in [5.41, 5.74) is 0.857. The lowest BCUT2D eigenvalue weighted by Gasteiger charge is -2.10. The maximum Gasteiger partial charge on any atom is 0.273 e. The first kappa shape index (κ1) is 14.7. The summed E-state index contributed by atoms with van der Waals surface area (Å²) in [6, 6.07) is 7.30. The maximum absolute atomic E-state index is 12.1. The van der Waals surface area contributed by atoms with Gasteiger partial charge >= 0.3 is 0 Å². The first-order valence-corrected chi connectivity index (χ1v) is 7.24. The molecule has 1 aliphatic rings. The Morgan fingerprint density at radius 1 is 1.40 bits per heavy atom. The molecule has 2 amide bonds. The van der Waals surface area contributed by atoms with Crippen molar-refractivity contribution in [3.05, 3.63) is 34.7 Å². The van der Waals surface area contributed by atoms with Gasteiger partial charge in [0.05, 0.1) is 12.0 Å². The molecule has 6 heteroatoms. The number of thiocarbonyl (C=S) groups is 1. The van der Waals surface area contributed by atoms with Crippen LogP contribution < -0.4 is 4.74 Å². The van der Waals surface area contributed by atoms with Gasteiger partial charge in [-0.2, -0.15) is 0 Å². The number of methoxy groups -OCH3 is 1. The van der Waals surface area contributed by atoms with Crippen molar-refractivity contribution >= 4 is 46.2 Å². The van der Waals surface area contributed by atoms with Crippen molar-refractivity contribution in [2.45, 2.75) is 13.3 Å². The number of benzene rings is 1. The Morgan fingerprint density at radius 3 is 2.60 bits per heavy atom. The Hall–Kier alpha value is -1.66. The molecule has 0 N–H and O–H groups in total. The van der Waals surface area contributed by atoms with Gasteiger partial charge in [0.2, 0.25) is 5.91 Å². The van der Waals surface area contributed by atoms with Crippen LogP contribution in [0.15, 0.2) is 29.2 Å². The summed E-state index contributed by atoms with van der Waals surface area (Å²) in [5.74, 6) is 0.129.